The van der Waals surface area contributed by atoms with Crippen molar-refractivity contribution in [3.05, 3.63) is 24.0 Å². The van der Waals surface area contributed by atoms with Crippen LogP contribution in [0.5, 0.6) is 0 Å². The molecule has 0 aromatic heterocycles. The van der Waals surface area contributed by atoms with Gasteiger partial charge in [0.15, 0.2) is 0 Å². The van der Waals surface area contributed by atoms with E-state index in [1.165, 1.54) is 6.07 Å². The van der Waals surface area contributed by atoms with Crippen molar-refractivity contribution < 1.29 is 18.8 Å². The first-order valence-electron chi connectivity index (χ1n) is 11.6. The summed E-state index contributed by atoms with van der Waals surface area (Å²) in [5, 5.41) is 8.64. The van der Waals surface area contributed by atoms with Gasteiger partial charge in [-0.25, -0.2) is 4.39 Å². The van der Waals surface area contributed by atoms with Gasteiger partial charge in [-0.05, 0) is 38.5 Å². The number of halogens is 1. The summed E-state index contributed by atoms with van der Waals surface area (Å²) in [7, 11) is 0. The molecule has 9 nitrogen and oxygen atoms in total. The van der Waals surface area contributed by atoms with Gasteiger partial charge in [0.05, 0.1) is 12.2 Å². The summed E-state index contributed by atoms with van der Waals surface area (Å²) >= 11 is 0. The van der Waals surface area contributed by atoms with E-state index in [4.69, 9.17) is 0 Å². The van der Waals surface area contributed by atoms with E-state index < -0.39 is 6.04 Å². The Labute approximate surface area is 193 Å². The molecule has 4 rings (SSSR count). The Kier molecular flexibility index (Phi) is 6.85. The molecule has 1 aromatic carbocycles. The molecule has 3 aliphatic rings. The van der Waals surface area contributed by atoms with E-state index in [1.54, 1.807) is 12.1 Å². The van der Waals surface area contributed by atoms with Crippen LogP contribution >= 0.6 is 0 Å². The van der Waals surface area contributed by atoms with Crippen LogP contribution in [-0.4, -0.2) is 91.5 Å². The molecule has 10 heteroatoms. The predicted molar refractivity (Wildman–Crippen MR) is 124 cm³/mol. The molecule has 3 saturated heterocycles. The number of carbonyl (C=O) groups is 3. The molecule has 1 unspecified atom stereocenters. The van der Waals surface area contributed by atoms with Crippen molar-refractivity contribution in [2.75, 3.05) is 62.6 Å². The predicted octanol–water partition coefficient (Wildman–Crippen LogP) is 0.375. The quantitative estimate of drug-likeness (QED) is 0.547. The molecule has 0 radical (unpaired) electrons. The SMILES string of the molecule is CC1(C)CNCCN1C(=O)CN1CCN(c2ccc(NC3CCC(=O)NC3=O)cc2F)CC1. The molecule has 0 bridgehead atoms. The summed E-state index contributed by atoms with van der Waals surface area (Å²) in [4.78, 5) is 42.1. The molecule has 3 aliphatic heterocycles. The highest BCUT2D eigenvalue weighted by molar-refractivity contribution is 6.01. The fraction of sp³-hybridized carbons (Fsp3) is 0.609. The van der Waals surface area contributed by atoms with E-state index in [0.717, 1.165) is 19.6 Å². The van der Waals surface area contributed by atoms with Gasteiger partial charge in [-0.3, -0.25) is 24.6 Å². The van der Waals surface area contributed by atoms with Crippen LogP contribution in [0.15, 0.2) is 18.2 Å². The minimum atomic E-state index is -0.547. The number of imide groups is 1. The molecule has 0 aliphatic carbocycles. The van der Waals surface area contributed by atoms with E-state index in [2.05, 4.69) is 34.7 Å². The van der Waals surface area contributed by atoms with Crippen LogP contribution in [0.25, 0.3) is 0 Å². The number of hydrogen-bond acceptors (Lipinski definition) is 7. The van der Waals surface area contributed by atoms with Crippen molar-refractivity contribution in [1.29, 1.82) is 0 Å². The van der Waals surface area contributed by atoms with Crippen LogP contribution in [-0.2, 0) is 14.4 Å². The second-order valence-electron chi connectivity index (χ2n) is 9.61. The highest BCUT2D eigenvalue weighted by atomic mass is 19.1. The van der Waals surface area contributed by atoms with Gasteiger partial charge in [0.1, 0.15) is 11.9 Å². The number of hydrogen-bond donors (Lipinski definition) is 3. The van der Waals surface area contributed by atoms with Gasteiger partial charge in [-0.15, -0.1) is 0 Å². The van der Waals surface area contributed by atoms with Gasteiger partial charge in [-0.1, -0.05) is 0 Å². The second-order valence-corrected chi connectivity index (χ2v) is 9.61. The van der Waals surface area contributed by atoms with E-state index in [0.29, 0.717) is 50.5 Å². The normalized spacial score (nSPS) is 23.9. The molecule has 0 saturated carbocycles. The first-order valence-corrected chi connectivity index (χ1v) is 11.6. The zero-order valence-corrected chi connectivity index (χ0v) is 19.3. The number of amides is 3. The minimum absolute atomic E-state index is 0.144. The largest absolute Gasteiger partial charge is 0.374 e. The van der Waals surface area contributed by atoms with E-state index in [1.807, 2.05) is 9.80 Å². The Balaban J connectivity index is 1.30. The Hall–Kier alpha value is -2.72. The highest BCUT2D eigenvalue weighted by Crippen LogP contribution is 2.25. The van der Waals surface area contributed by atoms with Crippen LogP contribution in [0.2, 0.25) is 0 Å². The molecular formula is C23H33FN6O3. The van der Waals surface area contributed by atoms with Crippen molar-refractivity contribution in [1.82, 2.24) is 20.4 Å². The maximum absolute atomic E-state index is 14.9. The van der Waals surface area contributed by atoms with Crippen LogP contribution in [0.1, 0.15) is 26.7 Å². The van der Waals surface area contributed by atoms with Gasteiger partial charge in [0.2, 0.25) is 17.7 Å². The molecule has 3 amide bonds. The second kappa shape index (κ2) is 9.64. The minimum Gasteiger partial charge on any atom is -0.374 e. The van der Waals surface area contributed by atoms with Crippen LogP contribution < -0.4 is 20.9 Å². The number of anilines is 2. The first-order chi connectivity index (χ1) is 15.7. The highest BCUT2D eigenvalue weighted by Gasteiger charge is 2.34. The average molecular weight is 461 g/mol. The maximum Gasteiger partial charge on any atom is 0.249 e. The topological polar surface area (TPSA) is 97.0 Å². The number of nitrogens with one attached hydrogen (secondary N) is 3. The fourth-order valence-electron chi connectivity index (χ4n) is 4.75. The average Bonchev–Trinajstić information content (AvgIpc) is 2.76. The maximum atomic E-state index is 14.9. The zero-order valence-electron chi connectivity index (χ0n) is 19.3. The van der Waals surface area contributed by atoms with Gasteiger partial charge in [0.25, 0.3) is 0 Å². The first kappa shape index (κ1) is 23.4. The van der Waals surface area contributed by atoms with Crippen molar-refractivity contribution >= 4 is 29.1 Å². The summed E-state index contributed by atoms with van der Waals surface area (Å²) in [6.07, 6.45) is 0.655. The third-order valence-corrected chi connectivity index (χ3v) is 6.70. The van der Waals surface area contributed by atoms with Crippen molar-refractivity contribution in [2.45, 2.75) is 38.3 Å². The third-order valence-electron chi connectivity index (χ3n) is 6.70. The molecule has 1 atom stereocenters. The number of piperazine rings is 2. The van der Waals surface area contributed by atoms with Gasteiger partial charge < -0.3 is 20.4 Å². The monoisotopic (exact) mass is 460 g/mol. The zero-order chi connectivity index (χ0) is 23.6. The van der Waals surface area contributed by atoms with Crippen molar-refractivity contribution in [3.63, 3.8) is 0 Å². The molecule has 180 valence electrons. The number of rotatable bonds is 5. The molecular weight excluding hydrogens is 427 g/mol. The Morgan fingerprint density at radius 2 is 1.94 bits per heavy atom. The summed E-state index contributed by atoms with van der Waals surface area (Å²) < 4.78 is 14.9. The summed E-state index contributed by atoms with van der Waals surface area (Å²) in [5.41, 5.74) is 0.829. The number of nitrogens with zero attached hydrogens (tertiary/aromatic N) is 3. The van der Waals surface area contributed by atoms with E-state index in [-0.39, 0.29) is 35.5 Å². The Bertz CT molecular complexity index is 915. The lowest BCUT2D eigenvalue weighted by atomic mass is 10.00. The molecule has 1 aromatic rings. The van der Waals surface area contributed by atoms with Crippen molar-refractivity contribution in [2.24, 2.45) is 0 Å². The molecule has 3 N–H and O–H groups in total. The van der Waals surface area contributed by atoms with Crippen LogP contribution in [0.4, 0.5) is 15.8 Å². The standard InChI is InChI=1S/C23H33FN6O3/c1-23(2)15-25-7-8-30(23)21(32)14-28-9-11-29(12-10-28)19-5-3-16(13-17(19)24)26-18-4-6-20(31)27-22(18)33/h3,5,13,18,25-26H,4,6-12,14-15H2,1-2H3,(H,27,31,33). The summed E-state index contributed by atoms with van der Waals surface area (Å²) in [5.74, 6) is -0.882. The smallest absolute Gasteiger partial charge is 0.249 e. The lowest BCUT2D eigenvalue weighted by Crippen LogP contribution is -2.62. The van der Waals surface area contributed by atoms with Crippen molar-refractivity contribution in [3.8, 4) is 0 Å². The van der Waals surface area contributed by atoms with Gasteiger partial charge >= 0.3 is 0 Å². The van der Waals surface area contributed by atoms with Crippen LogP contribution in [0, 0.1) is 5.82 Å². The Morgan fingerprint density at radius 1 is 1.18 bits per heavy atom. The summed E-state index contributed by atoms with van der Waals surface area (Å²) in [6, 6.07) is 4.31. The van der Waals surface area contributed by atoms with Gasteiger partial charge in [-0.2, -0.15) is 0 Å². The number of carbonyl (C=O) groups excluding carboxylic acids is 3. The lowest BCUT2D eigenvalue weighted by Gasteiger charge is -2.44. The molecule has 3 fully saturated rings. The molecule has 0 spiro atoms. The third kappa shape index (κ3) is 5.44. The fourth-order valence-corrected chi connectivity index (χ4v) is 4.75. The number of benzene rings is 1. The Morgan fingerprint density at radius 3 is 2.61 bits per heavy atom. The molecule has 3 heterocycles. The summed E-state index contributed by atoms with van der Waals surface area (Å²) in [6.45, 7) is 9.51. The lowest BCUT2D eigenvalue weighted by molar-refractivity contribution is -0.139. The van der Waals surface area contributed by atoms with E-state index in [9.17, 15) is 18.8 Å². The van der Waals surface area contributed by atoms with Crippen LogP contribution in [0.3, 0.4) is 0 Å². The van der Waals surface area contributed by atoms with Gasteiger partial charge in [0, 0.05) is 63.5 Å². The molecule has 33 heavy (non-hydrogen) atoms. The number of piperidine rings is 1. The van der Waals surface area contributed by atoms with E-state index >= 15 is 0 Å².